The third-order valence-corrected chi connectivity index (χ3v) is 4.93. The molecule has 1 heterocycles. The summed E-state index contributed by atoms with van der Waals surface area (Å²) in [5.74, 6) is -0.0912. The summed E-state index contributed by atoms with van der Waals surface area (Å²) in [4.78, 5) is 29.5. The van der Waals surface area contributed by atoms with Gasteiger partial charge in [0.15, 0.2) is 0 Å². The number of carbonyl (C=O) groups is 2. The van der Waals surface area contributed by atoms with Gasteiger partial charge < -0.3 is 14.7 Å². The second-order valence-electron chi connectivity index (χ2n) is 7.06. The zero-order valence-electron chi connectivity index (χ0n) is 17.2. The van der Waals surface area contributed by atoms with Gasteiger partial charge >= 0.3 is 0 Å². The minimum atomic E-state index is -0.398. The molecular formula is C23H26N2O4. The predicted octanol–water partition coefficient (Wildman–Crippen LogP) is 2.91. The third-order valence-electron chi connectivity index (χ3n) is 4.93. The van der Waals surface area contributed by atoms with Crippen LogP contribution in [0.3, 0.4) is 0 Å². The van der Waals surface area contributed by atoms with E-state index in [0.717, 1.165) is 16.7 Å². The van der Waals surface area contributed by atoms with E-state index in [1.54, 1.807) is 36.2 Å². The highest BCUT2D eigenvalue weighted by molar-refractivity contribution is 6.45. The molecule has 2 aromatic carbocycles. The van der Waals surface area contributed by atoms with Gasteiger partial charge in [-0.1, -0.05) is 23.8 Å². The van der Waals surface area contributed by atoms with Crippen molar-refractivity contribution in [1.29, 1.82) is 0 Å². The molecule has 3 rings (SSSR count). The molecule has 29 heavy (non-hydrogen) atoms. The van der Waals surface area contributed by atoms with Gasteiger partial charge in [0.1, 0.15) is 11.4 Å². The number of rotatable bonds is 7. The Bertz CT molecular complexity index is 963. The van der Waals surface area contributed by atoms with Crippen molar-refractivity contribution in [2.45, 2.75) is 20.8 Å². The van der Waals surface area contributed by atoms with Gasteiger partial charge in [-0.15, -0.1) is 0 Å². The lowest BCUT2D eigenvalue weighted by Gasteiger charge is -2.20. The summed E-state index contributed by atoms with van der Waals surface area (Å²) in [6, 6.07) is 12.7. The maximum absolute atomic E-state index is 13.4. The Morgan fingerprint density at radius 3 is 2.31 bits per heavy atom. The fourth-order valence-electron chi connectivity index (χ4n) is 3.56. The summed E-state index contributed by atoms with van der Waals surface area (Å²) in [5, 5.41) is 9.37. The summed E-state index contributed by atoms with van der Waals surface area (Å²) in [5.41, 5.74) is 3.87. The van der Waals surface area contributed by atoms with Crippen LogP contribution in [0.4, 0.5) is 5.69 Å². The minimum Gasteiger partial charge on any atom is -0.494 e. The number of benzene rings is 2. The molecule has 2 amide bonds. The molecule has 0 spiro atoms. The van der Waals surface area contributed by atoms with Gasteiger partial charge in [-0.25, -0.2) is 4.90 Å². The number of hydrogen-bond acceptors (Lipinski definition) is 5. The Hall–Kier alpha value is -3.12. The van der Waals surface area contributed by atoms with Gasteiger partial charge in [0.2, 0.25) is 0 Å². The molecule has 0 aliphatic carbocycles. The Morgan fingerprint density at radius 1 is 1.03 bits per heavy atom. The highest BCUT2D eigenvalue weighted by Crippen LogP contribution is 2.36. The fourth-order valence-corrected chi connectivity index (χ4v) is 3.56. The van der Waals surface area contributed by atoms with Crippen molar-refractivity contribution >= 4 is 23.1 Å². The maximum atomic E-state index is 13.4. The molecule has 6 nitrogen and oxygen atoms in total. The van der Waals surface area contributed by atoms with Crippen LogP contribution in [-0.4, -0.2) is 48.6 Å². The highest BCUT2D eigenvalue weighted by atomic mass is 16.5. The van der Waals surface area contributed by atoms with Gasteiger partial charge in [-0.3, -0.25) is 9.59 Å². The summed E-state index contributed by atoms with van der Waals surface area (Å²) >= 11 is 0. The lowest BCUT2D eigenvalue weighted by molar-refractivity contribution is -0.120. The molecule has 2 aromatic rings. The summed E-state index contributed by atoms with van der Waals surface area (Å²) in [7, 11) is 1.71. The van der Waals surface area contributed by atoms with Crippen LogP contribution in [0, 0.1) is 13.8 Å². The van der Waals surface area contributed by atoms with Crippen molar-refractivity contribution in [2.75, 3.05) is 31.7 Å². The number of ether oxygens (including phenoxy) is 1. The second kappa shape index (κ2) is 8.49. The number of nitrogens with zero attached hydrogens (tertiary/aromatic N) is 2. The molecule has 1 aliphatic rings. The number of hydrogen-bond donors (Lipinski definition) is 1. The van der Waals surface area contributed by atoms with Gasteiger partial charge in [0.05, 0.1) is 24.5 Å². The number of amides is 2. The van der Waals surface area contributed by atoms with Crippen molar-refractivity contribution in [1.82, 2.24) is 4.90 Å². The number of aliphatic hydroxyl groups is 1. The van der Waals surface area contributed by atoms with E-state index in [-0.39, 0.29) is 19.1 Å². The Balaban J connectivity index is 2.09. The molecule has 0 atom stereocenters. The first kappa shape index (κ1) is 20.6. The molecule has 1 aliphatic heterocycles. The zero-order valence-corrected chi connectivity index (χ0v) is 17.2. The average Bonchev–Trinajstić information content (AvgIpc) is 2.93. The molecule has 0 saturated heterocycles. The molecule has 0 saturated carbocycles. The topological polar surface area (TPSA) is 70.1 Å². The lowest BCUT2D eigenvalue weighted by Crippen LogP contribution is -2.34. The molecule has 152 valence electrons. The van der Waals surface area contributed by atoms with Crippen LogP contribution in [0.2, 0.25) is 0 Å². The summed E-state index contributed by atoms with van der Waals surface area (Å²) in [6.07, 6.45) is 0. The van der Waals surface area contributed by atoms with E-state index in [4.69, 9.17) is 4.74 Å². The van der Waals surface area contributed by atoms with Crippen LogP contribution in [0.5, 0.6) is 5.75 Å². The number of anilines is 1. The second-order valence-corrected chi connectivity index (χ2v) is 7.06. The lowest BCUT2D eigenvalue weighted by atomic mass is 9.97. The average molecular weight is 394 g/mol. The van der Waals surface area contributed by atoms with Crippen LogP contribution in [0.1, 0.15) is 23.6 Å². The summed E-state index contributed by atoms with van der Waals surface area (Å²) in [6.45, 7) is 6.47. The van der Waals surface area contributed by atoms with E-state index in [2.05, 4.69) is 0 Å². The zero-order chi connectivity index (χ0) is 21.1. The van der Waals surface area contributed by atoms with Crippen molar-refractivity contribution in [3.8, 4) is 5.75 Å². The smallest absolute Gasteiger partial charge is 0.282 e. The molecule has 1 N–H and O–H groups in total. The first-order chi connectivity index (χ1) is 13.9. The highest BCUT2D eigenvalue weighted by Gasteiger charge is 2.42. The van der Waals surface area contributed by atoms with Gasteiger partial charge in [0, 0.05) is 13.6 Å². The molecule has 0 radical (unpaired) electrons. The minimum absolute atomic E-state index is 0.120. The number of likely N-dealkylation sites (N-methyl/N-ethyl adjacent to an activating group) is 1. The Morgan fingerprint density at radius 2 is 1.72 bits per heavy atom. The van der Waals surface area contributed by atoms with Gasteiger partial charge in [0.25, 0.3) is 11.8 Å². The Labute approximate surface area is 171 Å². The van der Waals surface area contributed by atoms with Crippen LogP contribution in [0.25, 0.3) is 5.57 Å². The van der Waals surface area contributed by atoms with E-state index in [0.29, 0.717) is 29.3 Å². The van der Waals surface area contributed by atoms with Crippen molar-refractivity contribution in [3.63, 3.8) is 0 Å². The van der Waals surface area contributed by atoms with E-state index < -0.39 is 5.91 Å². The van der Waals surface area contributed by atoms with Crippen LogP contribution >= 0.6 is 0 Å². The quantitative estimate of drug-likeness (QED) is 0.732. The first-order valence-electron chi connectivity index (χ1n) is 9.64. The molecule has 0 unspecified atom stereocenters. The molecule has 6 heteroatoms. The van der Waals surface area contributed by atoms with E-state index in [1.165, 1.54) is 4.90 Å². The first-order valence-corrected chi connectivity index (χ1v) is 9.64. The van der Waals surface area contributed by atoms with Gasteiger partial charge in [-0.2, -0.15) is 0 Å². The SMILES string of the molecule is CCOc1ccc(N2C(=O)C(c3ccc(C)cc3C)=C(N(C)CCO)C2=O)cc1. The largest absolute Gasteiger partial charge is 0.494 e. The number of aliphatic hydroxyl groups excluding tert-OH is 1. The normalized spacial score (nSPS) is 14.0. The maximum Gasteiger partial charge on any atom is 0.282 e. The number of carbonyl (C=O) groups excluding carboxylic acids is 2. The molecule has 0 bridgehead atoms. The van der Waals surface area contributed by atoms with Gasteiger partial charge in [-0.05, 0) is 56.2 Å². The predicted molar refractivity (Wildman–Crippen MR) is 113 cm³/mol. The molecular weight excluding hydrogens is 368 g/mol. The van der Waals surface area contributed by atoms with Crippen LogP contribution in [-0.2, 0) is 9.59 Å². The number of imide groups is 1. The monoisotopic (exact) mass is 394 g/mol. The summed E-state index contributed by atoms with van der Waals surface area (Å²) < 4.78 is 5.45. The van der Waals surface area contributed by atoms with Crippen LogP contribution < -0.4 is 9.64 Å². The van der Waals surface area contributed by atoms with E-state index >= 15 is 0 Å². The fraction of sp³-hybridized carbons (Fsp3) is 0.304. The standard InChI is InChI=1S/C23H26N2O4/c1-5-29-18-9-7-17(8-10-18)25-22(27)20(19-11-6-15(2)14-16(19)3)21(23(25)28)24(4)12-13-26/h6-11,14,26H,5,12-13H2,1-4H3. The number of aryl methyl sites for hydroxylation is 2. The Kier molecular flexibility index (Phi) is 6.03. The van der Waals surface area contributed by atoms with E-state index in [1.807, 2.05) is 39.0 Å². The molecule has 0 aromatic heterocycles. The van der Waals surface area contributed by atoms with Crippen molar-refractivity contribution in [3.05, 3.63) is 64.9 Å². The van der Waals surface area contributed by atoms with Crippen LogP contribution in [0.15, 0.2) is 48.2 Å². The van der Waals surface area contributed by atoms with E-state index in [9.17, 15) is 14.7 Å². The van der Waals surface area contributed by atoms with Crippen molar-refractivity contribution < 1.29 is 19.4 Å². The van der Waals surface area contributed by atoms with Crippen molar-refractivity contribution in [2.24, 2.45) is 0 Å². The third kappa shape index (κ3) is 3.89. The molecule has 0 fully saturated rings.